The predicted molar refractivity (Wildman–Crippen MR) is 250 cm³/mol. The molecule has 0 bridgehead atoms. The number of amides is 1. The van der Waals surface area contributed by atoms with Crippen LogP contribution in [0.4, 0.5) is 0 Å². The maximum atomic E-state index is 13.1. The summed E-state index contributed by atoms with van der Waals surface area (Å²) < 4.78 is 5.79. The van der Waals surface area contributed by atoms with Gasteiger partial charge in [-0.25, -0.2) is 0 Å². The van der Waals surface area contributed by atoms with E-state index in [0.717, 1.165) is 64.2 Å². The first-order chi connectivity index (χ1) is 28.5. The van der Waals surface area contributed by atoms with Crippen molar-refractivity contribution in [3.8, 4) is 0 Å². The van der Waals surface area contributed by atoms with E-state index in [0.29, 0.717) is 19.3 Å². The zero-order valence-electron chi connectivity index (χ0n) is 38.2. The number of esters is 1. The first kappa shape index (κ1) is 55.6. The number of carbonyl (C=O) groups excluding carboxylic acids is 2. The van der Waals surface area contributed by atoms with Crippen LogP contribution in [0.3, 0.4) is 0 Å². The van der Waals surface area contributed by atoms with E-state index in [1.165, 1.54) is 122 Å². The molecule has 336 valence electrons. The summed E-state index contributed by atoms with van der Waals surface area (Å²) in [6.07, 6.45) is 56.0. The number of ether oxygens (including phenoxy) is 1. The molecule has 3 atom stereocenters. The van der Waals surface area contributed by atoms with E-state index >= 15 is 0 Å². The van der Waals surface area contributed by atoms with Crippen LogP contribution in [0.5, 0.6) is 0 Å². The van der Waals surface area contributed by atoms with Gasteiger partial charge in [-0.2, -0.15) is 0 Å². The highest BCUT2D eigenvalue weighted by atomic mass is 16.5. The summed E-state index contributed by atoms with van der Waals surface area (Å²) in [5.41, 5.74) is 0. The second-order valence-corrected chi connectivity index (χ2v) is 16.5. The number of nitrogens with one attached hydrogen (secondary N) is 1. The summed E-state index contributed by atoms with van der Waals surface area (Å²) in [7, 11) is 0. The van der Waals surface area contributed by atoms with Crippen LogP contribution in [0, 0.1) is 0 Å². The van der Waals surface area contributed by atoms with Gasteiger partial charge in [-0.05, 0) is 51.0 Å². The zero-order valence-corrected chi connectivity index (χ0v) is 38.2. The summed E-state index contributed by atoms with van der Waals surface area (Å²) in [4.78, 5) is 25.9. The number of allylic oxidation sites excluding steroid dienone is 9. The van der Waals surface area contributed by atoms with Gasteiger partial charge in [-0.3, -0.25) is 9.59 Å². The average molecular weight is 812 g/mol. The molecule has 0 aliphatic carbocycles. The topological polar surface area (TPSA) is 95.9 Å². The van der Waals surface area contributed by atoms with Crippen molar-refractivity contribution in [2.45, 2.75) is 251 Å². The van der Waals surface area contributed by atoms with E-state index in [9.17, 15) is 19.8 Å². The smallest absolute Gasteiger partial charge is 0.306 e. The number of aliphatic hydroxyl groups excluding tert-OH is 2. The zero-order chi connectivity index (χ0) is 42.4. The molecule has 0 rings (SSSR count). The minimum Gasteiger partial charge on any atom is -0.458 e. The molecule has 0 aliphatic rings. The third kappa shape index (κ3) is 40.3. The number of carbonyl (C=O) groups is 2. The highest BCUT2D eigenvalue weighted by Gasteiger charge is 2.23. The number of hydrogen-bond donors (Lipinski definition) is 3. The third-order valence-electron chi connectivity index (χ3n) is 10.9. The largest absolute Gasteiger partial charge is 0.458 e. The summed E-state index contributed by atoms with van der Waals surface area (Å²) in [6, 6.07) is -0.740. The number of hydrogen-bond acceptors (Lipinski definition) is 5. The van der Waals surface area contributed by atoms with Crippen LogP contribution in [-0.2, 0) is 14.3 Å². The van der Waals surface area contributed by atoms with Crippen LogP contribution >= 0.6 is 0 Å². The minimum absolute atomic E-state index is 0.0452. The molecule has 0 aromatic carbocycles. The second-order valence-electron chi connectivity index (χ2n) is 16.5. The van der Waals surface area contributed by atoms with Gasteiger partial charge in [-0.1, -0.05) is 230 Å². The SMILES string of the molecule is CC/C=C/C/C=C/C/C=C/C/C=C/C/C=C/C(CC(=O)NC(CO)C(O)CCCCCCCCCCCCCCCCCC)OC(=O)CCCCCCCCCCC. The average Bonchev–Trinajstić information content (AvgIpc) is 3.22. The highest BCUT2D eigenvalue weighted by Crippen LogP contribution is 2.16. The lowest BCUT2D eigenvalue weighted by molar-refractivity contribution is -0.148. The van der Waals surface area contributed by atoms with Gasteiger partial charge in [0.05, 0.1) is 25.2 Å². The van der Waals surface area contributed by atoms with Gasteiger partial charge in [0.2, 0.25) is 5.91 Å². The fourth-order valence-electron chi connectivity index (χ4n) is 7.16. The van der Waals surface area contributed by atoms with Gasteiger partial charge in [0.15, 0.2) is 0 Å². The Hall–Kier alpha value is -2.44. The summed E-state index contributed by atoms with van der Waals surface area (Å²) in [5, 5.41) is 23.7. The van der Waals surface area contributed by atoms with Crippen LogP contribution in [0.2, 0.25) is 0 Å². The van der Waals surface area contributed by atoms with Crippen molar-refractivity contribution < 1.29 is 24.5 Å². The molecule has 0 saturated heterocycles. The van der Waals surface area contributed by atoms with Gasteiger partial charge in [0.25, 0.3) is 0 Å². The standard InChI is InChI=1S/C52H93NO5/c1-4-7-10-13-16-19-21-23-25-26-28-30-33-35-38-41-44-50(55)49(47-54)53-51(56)46-48(58-52(57)45-42-39-36-31-18-15-12-9-6-3)43-40-37-34-32-29-27-24-22-20-17-14-11-8-5-2/h8,11,17,20,24,27,32,34,40,43,48-50,54-55H,4-7,9-10,12-16,18-19,21-23,25-26,28-31,33,35-39,41-42,44-47H2,1-3H3,(H,53,56)/b11-8+,20-17+,27-24+,34-32+,43-40+. The Bertz CT molecular complexity index is 1050. The minimum atomic E-state index is -0.818. The molecule has 1 amide bonds. The molecule has 0 radical (unpaired) electrons. The van der Waals surface area contributed by atoms with E-state index in [1.807, 2.05) is 6.08 Å². The van der Waals surface area contributed by atoms with Crippen molar-refractivity contribution in [2.24, 2.45) is 0 Å². The molecule has 0 aromatic rings. The van der Waals surface area contributed by atoms with Crippen LogP contribution in [0.15, 0.2) is 60.8 Å². The molecular formula is C52H93NO5. The summed E-state index contributed by atoms with van der Waals surface area (Å²) in [5.74, 6) is -0.629. The Morgan fingerprint density at radius 3 is 1.31 bits per heavy atom. The van der Waals surface area contributed by atoms with Gasteiger partial charge in [-0.15, -0.1) is 0 Å². The van der Waals surface area contributed by atoms with Gasteiger partial charge < -0.3 is 20.3 Å². The van der Waals surface area contributed by atoms with E-state index in [2.05, 4.69) is 74.7 Å². The lowest BCUT2D eigenvalue weighted by atomic mass is 10.0. The molecule has 0 fully saturated rings. The fourth-order valence-corrected chi connectivity index (χ4v) is 7.16. The molecular weight excluding hydrogens is 719 g/mol. The van der Waals surface area contributed by atoms with Crippen molar-refractivity contribution in [2.75, 3.05) is 6.61 Å². The van der Waals surface area contributed by atoms with Crippen molar-refractivity contribution in [3.05, 3.63) is 60.8 Å². The Balaban J connectivity index is 4.64. The van der Waals surface area contributed by atoms with Gasteiger partial charge in [0.1, 0.15) is 6.10 Å². The normalized spacial score (nSPS) is 13.8. The first-order valence-corrected chi connectivity index (χ1v) is 24.5. The van der Waals surface area contributed by atoms with Crippen molar-refractivity contribution in [1.82, 2.24) is 5.32 Å². The van der Waals surface area contributed by atoms with Crippen LogP contribution in [-0.4, -0.2) is 46.9 Å². The van der Waals surface area contributed by atoms with E-state index in [4.69, 9.17) is 4.74 Å². The Morgan fingerprint density at radius 1 is 0.517 bits per heavy atom. The fraction of sp³-hybridized carbons (Fsp3) is 0.769. The van der Waals surface area contributed by atoms with Crippen molar-refractivity contribution in [3.63, 3.8) is 0 Å². The number of aliphatic hydroxyl groups is 2. The van der Waals surface area contributed by atoms with Crippen LogP contribution in [0.25, 0.3) is 0 Å². The molecule has 0 aromatic heterocycles. The third-order valence-corrected chi connectivity index (χ3v) is 10.9. The van der Waals surface area contributed by atoms with E-state index in [1.54, 1.807) is 6.08 Å². The van der Waals surface area contributed by atoms with E-state index in [-0.39, 0.29) is 24.9 Å². The summed E-state index contributed by atoms with van der Waals surface area (Å²) >= 11 is 0. The maximum absolute atomic E-state index is 13.1. The predicted octanol–water partition coefficient (Wildman–Crippen LogP) is 14.5. The quantitative estimate of drug-likeness (QED) is 0.0324. The van der Waals surface area contributed by atoms with Gasteiger partial charge >= 0.3 is 5.97 Å². The number of rotatable bonds is 43. The Kier molecular flexibility index (Phi) is 43.7. The van der Waals surface area contributed by atoms with Crippen LogP contribution in [0.1, 0.15) is 233 Å². The maximum Gasteiger partial charge on any atom is 0.306 e. The highest BCUT2D eigenvalue weighted by molar-refractivity contribution is 5.78. The monoisotopic (exact) mass is 812 g/mol. The second kappa shape index (κ2) is 45.6. The molecule has 0 aliphatic heterocycles. The van der Waals surface area contributed by atoms with Gasteiger partial charge in [0, 0.05) is 6.42 Å². The van der Waals surface area contributed by atoms with Crippen molar-refractivity contribution >= 4 is 11.9 Å². The van der Waals surface area contributed by atoms with E-state index < -0.39 is 18.2 Å². The number of unbranched alkanes of at least 4 members (excludes halogenated alkanes) is 23. The molecule has 3 N–H and O–H groups in total. The molecule has 58 heavy (non-hydrogen) atoms. The Morgan fingerprint density at radius 2 is 0.897 bits per heavy atom. The van der Waals surface area contributed by atoms with Crippen molar-refractivity contribution in [1.29, 1.82) is 0 Å². The molecule has 0 heterocycles. The molecule has 6 heteroatoms. The molecule has 3 unspecified atom stereocenters. The lowest BCUT2D eigenvalue weighted by Crippen LogP contribution is -2.46. The summed E-state index contributed by atoms with van der Waals surface area (Å²) in [6.45, 7) is 6.31. The molecule has 0 spiro atoms. The van der Waals surface area contributed by atoms with Crippen LogP contribution < -0.4 is 5.32 Å². The lowest BCUT2D eigenvalue weighted by Gasteiger charge is -2.23. The first-order valence-electron chi connectivity index (χ1n) is 24.5. The molecule has 6 nitrogen and oxygen atoms in total. The Labute approximate surface area is 358 Å². The molecule has 0 saturated carbocycles.